The molecule has 2 heterocycles. The number of aryl methyl sites for hydroxylation is 1. The van der Waals surface area contributed by atoms with Crippen LogP contribution in [-0.4, -0.2) is 70.5 Å². The zero-order chi connectivity index (χ0) is 33.8. The SMILES string of the molecule is CCCCc1ccc(-c2ncc(C[C@H](N)C(=O)N[C@@H](Cc3c[nH]c4ccccc34)C(=O)N[C@@H](CCCN=C(N)N)C(=O)OC)[nH]2)cc1. The summed E-state index contributed by atoms with van der Waals surface area (Å²) in [6, 6.07) is 12.9. The van der Waals surface area contributed by atoms with Gasteiger partial charge in [-0.2, -0.15) is 0 Å². The van der Waals surface area contributed by atoms with Crippen LogP contribution in [0.1, 0.15) is 49.4 Å². The van der Waals surface area contributed by atoms with Crippen molar-refractivity contribution in [2.45, 2.75) is 70.0 Å². The number of esters is 1. The van der Waals surface area contributed by atoms with E-state index < -0.39 is 35.9 Å². The summed E-state index contributed by atoms with van der Waals surface area (Å²) in [6.07, 6.45) is 7.74. The third-order valence-electron chi connectivity index (χ3n) is 7.93. The summed E-state index contributed by atoms with van der Waals surface area (Å²) in [5, 5.41) is 6.47. The first-order valence-corrected chi connectivity index (χ1v) is 15.9. The van der Waals surface area contributed by atoms with Gasteiger partial charge in [0.1, 0.15) is 17.9 Å². The number of methoxy groups -OCH3 is 1. The minimum absolute atomic E-state index is 0.0655. The standard InChI is InChI=1S/C34H45N9O4/c1-3-4-8-21-12-14-22(15-13-21)30-40-20-24(41-30)18-26(35)31(44)43-29(17-23-19-39-27-10-6-5-9-25(23)27)32(45)42-28(33(46)47-2)11-7-16-38-34(36)37/h5-6,9-10,12-15,19-20,26,28-29,39H,3-4,7-8,11,16-18,35H2,1-2H3,(H,40,41)(H,42,45)(H,43,44)(H4,36,37,38)/t26-,28-,29-/m0/s1. The highest BCUT2D eigenvalue weighted by molar-refractivity contribution is 5.93. The Balaban J connectivity index is 1.46. The van der Waals surface area contributed by atoms with Gasteiger partial charge < -0.3 is 42.5 Å². The quantitative estimate of drug-likeness (QED) is 0.0390. The zero-order valence-corrected chi connectivity index (χ0v) is 26.9. The van der Waals surface area contributed by atoms with Crippen LogP contribution in [-0.2, 0) is 38.4 Å². The normalized spacial score (nSPS) is 13.0. The minimum Gasteiger partial charge on any atom is -0.467 e. The molecule has 47 heavy (non-hydrogen) atoms. The summed E-state index contributed by atoms with van der Waals surface area (Å²) in [6.45, 7) is 2.44. The summed E-state index contributed by atoms with van der Waals surface area (Å²) in [4.78, 5) is 54.5. The van der Waals surface area contributed by atoms with Crippen LogP contribution in [0.15, 0.2) is 65.9 Å². The van der Waals surface area contributed by atoms with Gasteiger partial charge in [0.05, 0.1) is 13.2 Å². The van der Waals surface area contributed by atoms with E-state index in [0.29, 0.717) is 17.9 Å². The second-order valence-electron chi connectivity index (χ2n) is 11.5. The molecule has 2 amide bonds. The van der Waals surface area contributed by atoms with Gasteiger partial charge in [-0.3, -0.25) is 14.6 Å². The van der Waals surface area contributed by atoms with Crippen LogP contribution in [0.5, 0.6) is 0 Å². The van der Waals surface area contributed by atoms with E-state index in [1.165, 1.54) is 12.7 Å². The summed E-state index contributed by atoms with van der Waals surface area (Å²) in [5.74, 6) is -1.09. The number of guanidine groups is 1. The average Bonchev–Trinajstić information content (AvgIpc) is 3.71. The molecule has 250 valence electrons. The highest BCUT2D eigenvalue weighted by atomic mass is 16.5. The number of nitrogens with two attached hydrogens (primary N) is 3. The molecular formula is C34H45N9O4. The van der Waals surface area contributed by atoms with E-state index in [-0.39, 0.29) is 31.8 Å². The van der Waals surface area contributed by atoms with Gasteiger partial charge in [-0.05, 0) is 42.9 Å². The molecule has 0 bridgehead atoms. The topological polar surface area (TPSA) is 219 Å². The van der Waals surface area contributed by atoms with Crippen molar-refractivity contribution in [3.8, 4) is 11.4 Å². The molecule has 0 fully saturated rings. The number of unbranched alkanes of at least 4 members (excludes halogenated alkanes) is 1. The molecule has 0 aliphatic rings. The first kappa shape index (κ1) is 34.7. The number of fused-ring (bicyclic) bond motifs is 1. The number of carbonyl (C=O) groups is 3. The fourth-order valence-corrected chi connectivity index (χ4v) is 5.32. The molecule has 0 radical (unpaired) electrons. The number of aliphatic imine (C=N–C) groups is 1. The van der Waals surface area contributed by atoms with Crippen LogP contribution in [0, 0.1) is 0 Å². The number of amides is 2. The first-order valence-electron chi connectivity index (χ1n) is 15.9. The maximum absolute atomic E-state index is 13.7. The molecule has 4 rings (SSSR count). The first-order chi connectivity index (χ1) is 22.7. The van der Waals surface area contributed by atoms with E-state index in [0.717, 1.165) is 41.3 Å². The van der Waals surface area contributed by atoms with Gasteiger partial charge in [0.25, 0.3) is 0 Å². The Labute approximate surface area is 274 Å². The molecule has 0 saturated carbocycles. The van der Waals surface area contributed by atoms with Crippen LogP contribution in [0.3, 0.4) is 0 Å². The van der Waals surface area contributed by atoms with Crippen molar-refractivity contribution >= 4 is 34.6 Å². The Morgan fingerprint density at radius 3 is 2.45 bits per heavy atom. The summed E-state index contributed by atoms with van der Waals surface area (Å²) in [5.41, 5.74) is 21.7. The second-order valence-corrected chi connectivity index (χ2v) is 11.5. The Hall–Kier alpha value is -5.17. The number of para-hydroxylation sites is 1. The van der Waals surface area contributed by atoms with Crippen molar-refractivity contribution in [2.24, 2.45) is 22.2 Å². The fourth-order valence-electron chi connectivity index (χ4n) is 5.32. The van der Waals surface area contributed by atoms with E-state index in [4.69, 9.17) is 21.9 Å². The number of benzene rings is 2. The highest BCUT2D eigenvalue weighted by Gasteiger charge is 2.29. The number of nitrogens with one attached hydrogen (secondary N) is 4. The Bertz CT molecular complexity index is 1660. The van der Waals surface area contributed by atoms with Gasteiger partial charge in [-0.15, -0.1) is 0 Å². The predicted octanol–water partition coefficient (Wildman–Crippen LogP) is 2.21. The van der Waals surface area contributed by atoms with Crippen molar-refractivity contribution in [1.29, 1.82) is 0 Å². The maximum atomic E-state index is 13.7. The lowest BCUT2D eigenvalue weighted by Crippen LogP contribution is -2.55. The predicted molar refractivity (Wildman–Crippen MR) is 182 cm³/mol. The van der Waals surface area contributed by atoms with Gasteiger partial charge in [-0.25, -0.2) is 9.78 Å². The molecule has 3 atom stereocenters. The number of aromatic amines is 2. The molecular weight excluding hydrogens is 598 g/mol. The Morgan fingerprint density at radius 2 is 1.72 bits per heavy atom. The molecule has 0 saturated heterocycles. The molecule has 2 aromatic carbocycles. The lowest BCUT2D eigenvalue weighted by Gasteiger charge is -2.23. The number of rotatable bonds is 17. The van der Waals surface area contributed by atoms with Crippen molar-refractivity contribution in [3.63, 3.8) is 0 Å². The van der Waals surface area contributed by atoms with Crippen LogP contribution in [0.25, 0.3) is 22.3 Å². The Kier molecular flexibility index (Phi) is 12.5. The zero-order valence-electron chi connectivity index (χ0n) is 26.9. The lowest BCUT2D eigenvalue weighted by molar-refractivity contribution is -0.145. The molecule has 0 aliphatic heterocycles. The highest BCUT2D eigenvalue weighted by Crippen LogP contribution is 2.20. The van der Waals surface area contributed by atoms with Gasteiger partial charge in [0, 0.05) is 53.9 Å². The van der Waals surface area contributed by atoms with E-state index in [1.54, 1.807) is 12.4 Å². The molecule has 2 aromatic heterocycles. The summed E-state index contributed by atoms with van der Waals surface area (Å²) in [7, 11) is 1.24. The summed E-state index contributed by atoms with van der Waals surface area (Å²) >= 11 is 0. The van der Waals surface area contributed by atoms with Crippen molar-refractivity contribution in [2.75, 3.05) is 13.7 Å². The van der Waals surface area contributed by atoms with E-state index in [2.05, 4.69) is 49.6 Å². The molecule has 0 spiro atoms. The van der Waals surface area contributed by atoms with Gasteiger partial charge in [0.2, 0.25) is 11.8 Å². The van der Waals surface area contributed by atoms with E-state index in [9.17, 15) is 14.4 Å². The minimum atomic E-state index is -1.04. The van der Waals surface area contributed by atoms with E-state index in [1.807, 2.05) is 36.4 Å². The number of H-pyrrole nitrogens is 2. The van der Waals surface area contributed by atoms with Crippen LogP contribution in [0.4, 0.5) is 0 Å². The molecule has 10 N–H and O–H groups in total. The molecule has 0 aliphatic carbocycles. The van der Waals surface area contributed by atoms with Crippen LogP contribution < -0.4 is 27.8 Å². The molecule has 4 aromatic rings. The fraction of sp³-hybridized carbons (Fsp3) is 0.382. The summed E-state index contributed by atoms with van der Waals surface area (Å²) < 4.78 is 4.91. The average molecular weight is 644 g/mol. The Morgan fingerprint density at radius 1 is 0.979 bits per heavy atom. The molecule has 13 nitrogen and oxygen atoms in total. The number of ether oxygens (including phenoxy) is 1. The monoisotopic (exact) mass is 643 g/mol. The number of carbonyl (C=O) groups excluding carboxylic acids is 3. The van der Waals surface area contributed by atoms with Crippen molar-refractivity contribution in [3.05, 3.63) is 77.7 Å². The number of hydrogen-bond donors (Lipinski definition) is 7. The van der Waals surface area contributed by atoms with Gasteiger partial charge in [-0.1, -0.05) is 55.8 Å². The lowest BCUT2D eigenvalue weighted by atomic mass is 10.0. The maximum Gasteiger partial charge on any atom is 0.328 e. The second kappa shape index (κ2) is 16.9. The number of hydrogen-bond acceptors (Lipinski definition) is 7. The number of nitrogens with zero attached hydrogens (tertiary/aromatic N) is 2. The van der Waals surface area contributed by atoms with Crippen molar-refractivity contribution < 1.29 is 19.1 Å². The third-order valence-corrected chi connectivity index (χ3v) is 7.93. The van der Waals surface area contributed by atoms with Gasteiger partial charge in [0.15, 0.2) is 5.96 Å². The third kappa shape index (κ3) is 9.91. The number of imidazole rings is 1. The van der Waals surface area contributed by atoms with Crippen LogP contribution >= 0.6 is 0 Å². The molecule has 13 heteroatoms. The molecule has 0 unspecified atom stereocenters. The van der Waals surface area contributed by atoms with Crippen molar-refractivity contribution in [1.82, 2.24) is 25.6 Å². The van der Waals surface area contributed by atoms with Crippen LogP contribution in [0.2, 0.25) is 0 Å². The largest absolute Gasteiger partial charge is 0.467 e. The van der Waals surface area contributed by atoms with E-state index >= 15 is 0 Å². The van der Waals surface area contributed by atoms with Gasteiger partial charge >= 0.3 is 5.97 Å². The number of aromatic nitrogens is 3. The smallest absolute Gasteiger partial charge is 0.328 e.